The highest BCUT2D eigenvalue weighted by Crippen LogP contribution is 2.39. The highest BCUT2D eigenvalue weighted by Gasteiger charge is 2.36. The molecule has 1 unspecified atom stereocenters. The molecular weight excluding hydrogens is 409 g/mol. The lowest BCUT2D eigenvalue weighted by molar-refractivity contribution is -0.137. The van der Waals surface area contributed by atoms with Crippen molar-refractivity contribution >= 4 is 17.0 Å². The Morgan fingerprint density at radius 2 is 2.06 bits per heavy atom. The zero-order valence-corrected chi connectivity index (χ0v) is 16.8. The second kappa shape index (κ2) is 8.08. The molecule has 5 rings (SSSR count). The minimum absolute atomic E-state index is 0.0826. The molecule has 0 aromatic carbocycles. The Labute approximate surface area is 176 Å². The SMILES string of the molecule is FC(F)(F)c1cnc(N[C@H]2CCCNC2)nc1-c1c[nH]c2nc(C3CCOC3)ccc12. The molecule has 0 spiro atoms. The summed E-state index contributed by atoms with van der Waals surface area (Å²) >= 11 is 0. The molecule has 0 aliphatic carbocycles. The van der Waals surface area contributed by atoms with E-state index in [9.17, 15) is 13.2 Å². The van der Waals surface area contributed by atoms with Crippen LogP contribution in [-0.2, 0) is 10.9 Å². The van der Waals surface area contributed by atoms with Crippen molar-refractivity contribution in [1.29, 1.82) is 0 Å². The van der Waals surface area contributed by atoms with Crippen molar-refractivity contribution in [2.45, 2.75) is 37.4 Å². The lowest BCUT2D eigenvalue weighted by atomic mass is 10.0. The van der Waals surface area contributed by atoms with Gasteiger partial charge in [-0.2, -0.15) is 13.2 Å². The first-order valence-corrected chi connectivity index (χ1v) is 10.5. The highest BCUT2D eigenvalue weighted by molar-refractivity contribution is 5.93. The summed E-state index contributed by atoms with van der Waals surface area (Å²) in [6.45, 7) is 2.97. The fourth-order valence-electron chi connectivity index (χ4n) is 4.23. The maximum absolute atomic E-state index is 13.7. The fraction of sp³-hybridized carbons (Fsp3) is 0.476. The number of anilines is 1. The van der Waals surface area contributed by atoms with E-state index in [1.54, 1.807) is 0 Å². The number of alkyl halides is 3. The third kappa shape index (κ3) is 4.09. The molecular formula is C21H23F3N6O. The number of piperidine rings is 1. The van der Waals surface area contributed by atoms with Gasteiger partial charge in [0.15, 0.2) is 0 Å². The summed E-state index contributed by atoms with van der Waals surface area (Å²) in [5.41, 5.74) is 0.755. The number of nitrogens with zero attached hydrogens (tertiary/aromatic N) is 3. The molecule has 2 fully saturated rings. The first-order valence-electron chi connectivity index (χ1n) is 10.5. The van der Waals surface area contributed by atoms with Crippen LogP contribution in [0.5, 0.6) is 0 Å². The Bertz CT molecular complexity index is 1070. The van der Waals surface area contributed by atoms with Gasteiger partial charge in [-0.15, -0.1) is 0 Å². The standard InChI is InChI=1S/C21H23F3N6O/c22-21(23,24)16-10-27-20(28-13-2-1-6-25-8-13)30-18(16)15-9-26-19-14(15)3-4-17(29-19)12-5-7-31-11-12/h3-4,9-10,12-13,25H,1-2,5-8,11H2,(H,26,29)(H,27,28,30)/t12?,13-/m0/s1. The molecule has 2 atom stereocenters. The van der Waals surface area contributed by atoms with Crippen LogP contribution in [0, 0.1) is 0 Å². The molecule has 5 heterocycles. The van der Waals surface area contributed by atoms with Crippen molar-refractivity contribution in [2.24, 2.45) is 0 Å². The van der Waals surface area contributed by atoms with E-state index in [4.69, 9.17) is 4.74 Å². The number of rotatable bonds is 4. The predicted molar refractivity (Wildman–Crippen MR) is 110 cm³/mol. The molecule has 31 heavy (non-hydrogen) atoms. The van der Waals surface area contributed by atoms with Gasteiger partial charge in [-0.05, 0) is 37.9 Å². The van der Waals surface area contributed by atoms with Crippen LogP contribution in [0.25, 0.3) is 22.3 Å². The third-order valence-corrected chi connectivity index (χ3v) is 5.89. The van der Waals surface area contributed by atoms with Crippen LogP contribution in [0.1, 0.15) is 36.4 Å². The first kappa shape index (κ1) is 20.2. The molecule has 2 aliphatic heterocycles. The minimum atomic E-state index is -4.57. The van der Waals surface area contributed by atoms with E-state index < -0.39 is 11.7 Å². The quantitative estimate of drug-likeness (QED) is 0.583. The average Bonchev–Trinajstić information content (AvgIpc) is 3.43. The maximum Gasteiger partial charge on any atom is 0.419 e. The number of pyridine rings is 1. The third-order valence-electron chi connectivity index (χ3n) is 5.89. The van der Waals surface area contributed by atoms with Gasteiger partial charge in [0.1, 0.15) is 11.2 Å². The number of hydrogen-bond acceptors (Lipinski definition) is 6. The van der Waals surface area contributed by atoms with Gasteiger partial charge in [0.25, 0.3) is 0 Å². The Morgan fingerprint density at radius 1 is 1.16 bits per heavy atom. The Hall–Kier alpha value is -2.72. The summed E-state index contributed by atoms with van der Waals surface area (Å²) < 4.78 is 46.7. The summed E-state index contributed by atoms with van der Waals surface area (Å²) in [5, 5.41) is 7.02. The van der Waals surface area contributed by atoms with Crippen LogP contribution in [-0.4, -0.2) is 52.3 Å². The number of hydrogen-bond donors (Lipinski definition) is 3. The van der Waals surface area contributed by atoms with Crippen LogP contribution in [0.3, 0.4) is 0 Å². The second-order valence-corrected chi connectivity index (χ2v) is 8.04. The molecule has 3 aromatic heterocycles. The Kier molecular flexibility index (Phi) is 5.27. The van der Waals surface area contributed by atoms with E-state index in [1.807, 2.05) is 12.1 Å². The predicted octanol–water partition coefficient (Wildman–Crippen LogP) is 3.71. The van der Waals surface area contributed by atoms with Gasteiger partial charge in [-0.3, -0.25) is 0 Å². The van der Waals surface area contributed by atoms with Crippen molar-refractivity contribution in [3.05, 3.63) is 35.8 Å². The van der Waals surface area contributed by atoms with E-state index >= 15 is 0 Å². The number of nitrogens with one attached hydrogen (secondary N) is 3. The van der Waals surface area contributed by atoms with Crippen LogP contribution < -0.4 is 10.6 Å². The van der Waals surface area contributed by atoms with E-state index in [0.717, 1.165) is 44.2 Å². The molecule has 2 aliphatic rings. The zero-order valence-electron chi connectivity index (χ0n) is 16.8. The summed E-state index contributed by atoms with van der Waals surface area (Å²) in [5.74, 6) is 0.402. The molecule has 10 heteroatoms. The van der Waals surface area contributed by atoms with E-state index in [2.05, 4.69) is 30.6 Å². The van der Waals surface area contributed by atoms with Crippen LogP contribution in [0.15, 0.2) is 24.5 Å². The topological polar surface area (TPSA) is 87.8 Å². The molecule has 0 saturated carbocycles. The van der Waals surface area contributed by atoms with Crippen molar-refractivity contribution in [1.82, 2.24) is 25.3 Å². The van der Waals surface area contributed by atoms with Gasteiger partial charge in [-0.25, -0.2) is 15.0 Å². The van der Waals surface area contributed by atoms with E-state index in [-0.39, 0.29) is 23.6 Å². The van der Waals surface area contributed by atoms with Crippen LogP contribution in [0.2, 0.25) is 0 Å². The number of aromatic nitrogens is 4. The van der Waals surface area contributed by atoms with Gasteiger partial charge >= 0.3 is 6.18 Å². The largest absolute Gasteiger partial charge is 0.419 e. The van der Waals surface area contributed by atoms with E-state index in [1.165, 1.54) is 6.20 Å². The molecule has 0 radical (unpaired) electrons. The van der Waals surface area contributed by atoms with Gasteiger partial charge in [-0.1, -0.05) is 0 Å². The van der Waals surface area contributed by atoms with Crippen molar-refractivity contribution in [3.8, 4) is 11.3 Å². The smallest absolute Gasteiger partial charge is 0.381 e. The van der Waals surface area contributed by atoms with Gasteiger partial charge in [0, 0.05) is 54.1 Å². The molecule has 3 aromatic rings. The normalized spacial score (nSPS) is 22.2. The Balaban J connectivity index is 1.53. The van der Waals surface area contributed by atoms with E-state index in [0.29, 0.717) is 29.8 Å². The van der Waals surface area contributed by atoms with Crippen molar-refractivity contribution < 1.29 is 17.9 Å². The van der Waals surface area contributed by atoms with Crippen LogP contribution in [0.4, 0.5) is 19.1 Å². The fourth-order valence-corrected chi connectivity index (χ4v) is 4.23. The average molecular weight is 432 g/mol. The van der Waals surface area contributed by atoms with Crippen molar-refractivity contribution in [2.75, 3.05) is 31.6 Å². The summed E-state index contributed by atoms with van der Waals surface area (Å²) in [4.78, 5) is 15.9. The molecule has 0 bridgehead atoms. The number of ether oxygens (including phenoxy) is 1. The number of aromatic amines is 1. The molecule has 2 saturated heterocycles. The number of fused-ring (bicyclic) bond motifs is 1. The van der Waals surface area contributed by atoms with Gasteiger partial charge in [0.2, 0.25) is 5.95 Å². The highest BCUT2D eigenvalue weighted by atomic mass is 19.4. The van der Waals surface area contributed by atoms with Gasteiger partial charge < -0.3 is 20.4 Å². The summed E-state index contributed by atoms with van der Waals surface area (Å²) in [7, 11) is 0. The first-order chi connectivity index (χ1) is 15.0. The zero-order chi connectivity index (χ0) is 21.4. The summed E-state index contributed by atoms with van der Waals surface area (Å²) in [6.07, 6.45) is 0.623. The Morgan fingerprint density at radius 3 is 2.81 bits per heavy atom. The maximum atomic E-state index is 13.7. The number of halogens is 3. The summed E-state index contributed by atoms with van der Waals surface area (Å²) in [6, 6.07) is 3.75. The lowest BCUT2D eigenvalue weighted by Gasteiger charge is -2.24. The van der Waals surface area contributed by atoms with Crippen LogP contribution >= 0.6 is 0 Å². The monoisotopic (exact) mass is 432 g/mol. The van der Waals surface area contributed by atoms with Crippen molar-refractivity contribution in [3.63, 3.8) is 0 Å². The minimum Gasteiger partial charge on any atom is -0.381 e. The molecule has 0 amide bonds. The van der Waals surface area contributed by atoms with Gasteiger partial charge in [0.05, 0.1) is 12.3 Å². The molecule has 7 nitrogen and oxygen atoms in total. The second-order valence-electron chi connectivity index (χ2n) is 8.04. The molecule has 164 valence electrons. The molecule has 3 N–H and O–H groups in total. The lowest BCUT2D eigenvalue weighted by Crippen LogP contribution is -2.38. The number of H-pyrrole nitrogens is 1.